The fourth-order valence-electron chi connectivity index (χ4n) is 2.18. The molecule has 1 heterocycles. The van der Waals surface area contributed by atoms with Gasteiger partial charge in [-0.3, -0.25) is 0 Å². The molecule has 0 unspecified atom stereocenters. The van der Waals surface area contributed by atoms with Crippen LogP contribution >= 0.6 is 23.2 Å². The minimum atomic E-state index is -0.742. The summed E-state index contributed by atoms with van der Waals surface area (Å²) in [6, 6.07) is 11.7. The Balaban J connectivity index is 1.73. The maximum atomic E-state index is 12.3. The Kier molecular flexibility index (Phi) is 5.44. The van der Waals surface area contributed by atoms with E-state index in [1.165, 1.54) is 12.1 Å². The highest BCUT2D eigenvalue weighted by Gasteiger charge is 2.21. The maximum absolute atomic E-state index is 12.3. The van der Waals surface area contributed by atoms with Gasteiger partial charge in [-0.15, -0.1) is 10.2 Å². The van der Waals surface area contributed by atoms with Crippen LogP contribution in [0.25, 0.3) is 11.5 Å². The second-order valence-electron chi connectivity index (χ2n) is 5.35. The zero-order valence-electron chi connectivity index (χ0n) is 13.9. The summed E-state index contributed by atoms with van der Waals surface area (Å²) in [6.45, 7) is 1.63. The van der Waals surface area contributed by atoms with E-state index in [4.69, 9.17) is 37.1 Å². The van der Waals surface area contributed by atoms with Crippen molar-refractivity contribution >= 4 is 29.2 Å². The molecule has 3 rings (SSSR count). The van der Waals surface area contributed by atoms with Crippen LogP contribution in [-0.4, -0.2) is 23.3 Å². The first kappa shape index (κ1) is 18.2. The zero-order valence-corrected chi connectivity index (χ0v) is 15.4. The number of hydrogen-bond donors (Lipinski definition) is 0. The van der Waals surface area contributed by atoms with Gasteiger partial charge in [-0.2, -0.15) is 0 Å². The quantitative estimate of drug-likeness (QED) is 0.570. The molecule has 1 aromatic heterocycles. The molecule has 0 aliphatic rings. The fourth-order valence-corrected chi connectivity index (χ4v) is 2.66. The normalized spacial score (nSPS) is 11.8. The average Bonchev–Trinajstić information content (AvgIpc) is 3.12. The molecule has 0 saturated heterocycles. The van der Waals surface area contributed by atoms with Gasteiger partial charge in [0.2, 0.25) is 5.89 Å². The maximum Gasteiger partial charge on any atom is 0.340 e. The number of rotatable bonds is 5. The lowest BCUT2D eigenvalue weighted by Gasteiger charge is -2.10. The molecule has 0 spiro atoms. The van der Waals surface area contributed by atoms with Crippen LogP contribution < -0.4 is 4.74 Å². The number of benzene rings is 2. The van der Waals surface area contributed by atoms with Crippen LogP contribution in [-0.2, 0) is 4.74 Å². The first-order valence-corrected chi connectivity index (χ1v) is 8.37. The highest BCUT2D eigenvalue weighted by atomic mass is 35.5. The summed E-state index contributed by atoms with van der Waals surface area (Å²) < 4.78 is 16.1. The van der Waals surface area contributed by atoms with Crippen LogP contribution in [0, 0.1) is 0 Å². The third kappa shape index (κ3) is 3.98. The first-order chi connectivity index (χ1) is 12.5. The topological polar surface area (TPSA) is 74.5 Å². The number of ether oxygens (including phenoxy) is 2. The molecular formula is C18H14Cl2N2O4. The number of hydrogen-bond acceptors (Lipinski definition) is 6. The molecule has 134 valence electrons. The third-order valence-electron chi connectivity index (χ3n) is 3.56. The van der Waals surface area contributed by atoms with E-state index in [1.807, 2.05) is 0 Å². The Morgan fingerprint density at radius 1 is 1.12 bits per heavy atom. The minimum absolute atomic E-state index is 0.175. The summed E-state index contributed by atoms with van der Waals surface area (Å²) in [6.07, 6.45) is -0.742. The van der Waals surface area contributed by atoms with Crippen molar-refractivity contribution in [3.05, 3.63) is 64.0 Å². The summed E-state index contributed by atoms with van der Waals surface area (Å²) in [7, 11) is 1.59. The predicted octanol–water partition coefficient (Wildman–Crippen LogP) is 4.97. The van der Waals surface area contributed by atoms with Crippen LogP contribution in [0.3, 0.4) is 0 Å². The smallest absolute Gasteiger partial charge is 0.340 e. The van der Waals surface area contributed by atoms with Crippen LogP contribution in [0.2, 0.25) is 10.0 Å². The predicted molar refractivity (Wildman–Crippen MR) is 96.6 cm³/mol. The summed E-state index contributed by atoms with van der Waals surface area (Å²) in [5.41, 5.74) is 0.932. The lowest BCUT2D eigenvalue weighted by molar-refractivity contribution is 0.0280. The van der Waals surface area contributed by atoms with Crippen molar-refractivity contribution in [3.8, 4) is 17.2 Å². The van der Waals surface area contributed by atoms with Gasteiger partial charge < -0.3 is 13.9 Å². The summed E-state index contributed by atoms with van der Waals surface area (Å²) in [5.74, 6) is 0.600. The van der Waals surface area contributed by atoms with E-state index in [0.717, 1.165) is 11.3 Å². The van der Waals surface area contributed by atoms with E-state index in [0.29, 0.717) is 10.9 Å². The molecule has 0 aliphatic carbocycles. The van der Waals surface area contributed by atoms with Crippen molar-refractivity contribution in [1.82, 2.24) is 10.2 Å². The SMILES string of the molecule is COc1ccc(-c2nnc([C@H](C)OC(=O)c3ccc(Cl)cc3Cl)o2)cc1. The number of nitrogens with zero attached hydrogens (tertiary/aromatic N) is 2. The van der Waals surface area contributed by atoms with Gasteiger partial charge in [0.25, 0.3) is 5.89 Å². The molecule has 0 radical (unpaired) electrons. The largest absolute Gasteiger partial charge is 0.497 e. The van der Waals surface area contributed by atoms with E-state index in [1.54, 1.807) is 44.4 Å². The highest BCUT2D eigenvalue weighted by molar-refractivity contribution is 6.36. The van der Waals surface area contributed by atoms with Gasteiger partial charge in [0.05, 0.1) is 17.7 Å². The molecule has 0 aliphatic heterocycles. The average molecular weight is 393 g/mol. The van der Waals surface area contributed by atoms with Gasteiger partial charge in [0.1, 0.15) is 5.75 Å². The number of carbonyl (C=O) groups excluding carboxylic acids is 1. The van der Waals surface area contributed by atoms with Crippen LogP contribution in [0.15, 0.2) is 46.9 Å². The Bertz CT molecular complexity index is 925. The van der Waals surface area contributed by atoms with Crippen molar-refractivity contribution in [2.45, 2.75) is 13.0 Å². The Morgan fingerprint density at radius 2 is 1.85 bits per heavy atom. The van der Waals surface area contributed by atoms with E-state index in [2.05, 4.69) is 10.2 Å². The Morgan fingerprint density at radius 3 is 2.50 bits per heavy atom. The molecule has 0 amide bonds. The summed E-state index contributed by atoms with van der Waals surface area (Å²) in [5, 5.41) is 8.56. The molecule has 3 aromatic rings. The molecule has 0 bridgehead atoms. The number of esters is 1. The van der Waals surface area contributed by atoms with Gasteiger partial charge >= 0.3 is 5.97 Å². The van der Waals surface area contributed by atoms with Crippen molar-refractivity contribution in [1.29, 1.82) is 0 Å². The van der Waals surface area contributed by atoms with Crippen molar-refractivity contribution in [3.63, 3.8) is 0 Å². The lowest BCUT2D eigenvalue weighted by Crippen LogP contribution is -2.10. The van der Waals surface area contributed by atoms with E-state index in [9.17, 15) is 4.79 Å². The monoisotopic (exact) mass is 392 g/mol. The number of methoxy groups -OCH3 is 1. The van der Waals surface area contributed by atoms with E-state index < -0.39 is 12.1 Å². The van der Waals surface area contributed by atoms with E-state index in [-0.39, 0.29) is 16.5 Å². The fraction of sp³-hybridized carbons (Fsp3) is 0.167. The minimum Gasteiger partial charge on any atom is -0.497 e. The first-order valence-electron chi connectivity index (χ1n) is 7.62. The Labute approximate surface area is 159 Å². The molecule has 2 aromatic carbocycles. The molecule has 6 nitrogen and oxygen atoms in total. The highest BCUT2D eigenvalue weighted by Crippen LogP contribution is 2.26. The summed E-state index contributed by atoms with van der Waals surface area (Å²) >= 11 is 11.8. The second kappa shape index (κ2) is 7.76. The van der Waals surface area contributed by atoms with Gasteiger partial charge in [0, 0.05) is 10.6 Å². The van der Waals surface area contributed by atoms with Crippen molar-refractivity contribution < 1.29 is 18.7 Å². The summed E-state index contributed by atoms with van der Waals surface area (Å²) in [4.78, 5) is 12.3. The molecular weight excluding hydrogens is 379 g/mol. The van der Waals surface area contributed by atoms with Crippen molar-refractivity contribution in [2.24, 2.45) is 0 Å². The standard InChI is InChI=1S/C18H14Cl2N2O4/c1-10(25-18(23)14-8-5-12(19)9-15(14)20)16-21-22-17(26-16)11-3-6-13(24-2)7-4-11/h3-10H,1-2H3/t10-/m0/s1. The van der Waals surface area contributed by atoms with Crippen molar-refractivity contribution in [2.75, 3.05) is 7.11 Å². The van der Waals surface area contributed by atoms with E-state index >= 15 is 0 Å². The molecule has 0 N–H and O–H groups in total. The van der Waals surface area contributed by atoms with Crippen LogP contribution in [0.1, 0.15) is 29.3 Å². The molecule has 0 fully saturated rings. The van der Waals surface area contributed by atoms with Gasteiger partial charge in [0.15, 0.2) is 6.10 Å². The second-order valence-corrected chi connectivity index (χ2v) is 6.19. The number of aromatic nitrogens is 2. The van der Waals surface area contributed by atoms with Gasteiger partial charge in [-0.25, -0.2) is 4.79 Å². The van der Waals surface area contributed by atoms with Crippen LogP contribution in [0.5, 0.6) is 5.75 Å². The molecule has 1 atom stereocenters. The number of halogens is 2. The Hall–Kier alpha value is -2.57. The molecule has 0 saturated carbocycles. The molecule has 8 heteroatoms. The number of carbonyl (C=O) groups is 1. The van der Waals surface area contributed by atoms with Crippen LogP contribution in [0.4, 0.5) is 0 Å². The lowest BCUT2D eigenvalue weighted by atomic mass is 10.2. The van der Waals surface area contributed by atoms with Gasteiger partial charge in [-0.05, 0) is 49.4 Å². The third-order valence-corrected chi connectivity index (χ3v) is 4.11. The van der Waals surface area contributed by atoms with Gasteiger partial charge in [-0.1, -0.05) is 23.2 Å². The molecule has 26 heavy (non-hydrogen) atoms. The zero-order chi connectivity index (χ0) is 18.7.